The monoisotopic (exact) mass is 417 g/mol. The van der Waals surface area contributed by atoms with E-state index in [1.54, 1.807) is 28.9 Å². The van der Waals surface area contributed by atoms with E-state index in [9.17, 15) is 18.4 Å². The molecule has 150 valence electrons. The highest BCUT2D eigenvalue weighted by atomic mass is 35.5. The summed E-state index contributed by atoms with van der Waals surface area (Å²) < 4.78 is 31.0. The number of alkyl halides is 1. The minimum absolute atomic E-state index is 0.0311. The lowest BCUT2D eigenvalue weighted by atomic mass is 9.91. The van der Waals surface area contributed by atoms with Crippen molar-refractivity contribution < 1.29 is 13.6 Å². The minimum Gasteiger partial charge on any atom is -0.335 e. The summed E-state index contributed by atoms with van der Waals surface area (Å²) in [6.07, 6.45) is 6.71. The molecule has 1 saturated carbocycles. The van der Waals surface area contributed by atoms with Crippen LogP contribution in [0.5, 0.6) is 0 Å². The van der Waals surface area contributed by atoms with Gasteiger partial charge in [0.25, 0.3) is 5.56 Å². The predicted octanol–water partition coefficient (Wildman–Crippen LogP) is 3.52. The first-order valence-corrected chi connectivity index (χ1v) is 9.86. The van der Waals surface area contributed by atoms with Crippen LogP contribution in [-0.2, 0) is 11.3 Å². The summed E-state index contributed by atoms with van der Waals surface area (Å²) >= 11 is 5.88. The first-order valence-electron chi connectivity index (χ1n) is 9.48. The van der Waals surface area contributed by atoms with Crippen LogP contribution >= 0.6 is 11.6 Å². The first kappa shape index (κ1) is 18.4. The number of benzene rings is 1. The van der Waals surface area contributed by atoms with Crippen molar-refractivity contribution >= 4 is 23.0 Å². The number of nitrogens with zero attached hydrogens (tertiary/aromatic N) is 3. The maximum Gasteiger partial charge on any atom is 0.275 e. The van der Waals surface area contributed by atoms with Gasteiger partial charge in [-0.05, 0) is 42.5 Å². The molecule has 0 unspecified atom stereocenters. The maximum absolute atomic E-state index is 14.5. The third-order valence-electron chi connectivity index (χ3n) is 5.89. The van der Waals surface area contributed by atoms with Crippen molar-refractivity contribution in [2.75, 3.05) is 13.1 Å². The highest BCUT2D eigenvalue weighted by Gasteiger charge is 2.55. The Morgan fingerprint density at radius 2 is 1.93 bits per heavy atom. The van der Waals surface area contributed by atoms with Crippen LogP contribution in [0.1, 0.15) is 12.8 Å². The van der Waals surface area contributed by atoms with Crippen LogP contribution in [0.25, 0.3) is 16.6 Å². The Kier molecular flexibility index (Phi) is 4.07. The van der Waals surface area contributed by atoms with Crippen molar-refractivity contribution in [1.82, 2.24) is 13.9 Å². The summed E-state index contributed by atoms with van der Waals surface area (Å²) in [6.45, 7) is 0.0702. The third-order valence-corrected chi connectivity index (χ3v) is 6.18. The summed E-state index contributed by atoms with van der Waals surface area (Å²) in [6, 6.07) is 6.01. The lowest BCUT2D eigenvalue weighted by Crippen LogP contribution is -2.62. The van der Waals surface area contributed by atoms with E-state index in [-0.39, 0.29) is 42.0 Å². The molecule has 2 aliphatic rings. The van der Waals surface area contributed by atoms with E-state index >= 15 is 0 Å². The molecule has 0 radical (unpaired) electrons. The van der Waals surface area contributed by atoms with Gasteiger partial charge >= 0.3 is 0 Å². The molecule has 1 saturated heterocycles. The molecule has 0 N–H and O–H groups in total. The van der Waals surface area contributed by atoms with Gasteiger partial charge in [-0.3, -0.25) is 9.59 Å². The standard InChI is InChI=1S/C21H18ClF2N3O2/c22-16-9-13(1-4-17(16)23)15-5-6-25-7-8-26(20(29)19(15)25)10-18(28)27-11-21(24,12-27)14-2-3-14/h1,4-9,14H,2-3,10-12H2. The molecule has 1 amide bonds. The fourth-order valence-corrected chi connectivity index (χ4v) is 4.22. The SMILES string of the molecule is O=C(Cn1ccn2ccc(-c3ccc(F)c(Cl)c3)c2c1=O)N1CC(F)(C2CC2)C1. The topological polar surface area (TPSA) is 46.7 Å². The predicted molar refractivity (Wildman–Crippen MR) is 105 cm³/mol. The lowest BCUT2D eigenvalue weighted by molar-refractivity contribution is -0.147. The highest BCUT2D eigenvalue weighted by molar-refractivity contribution is 6.31. The van der Waals surface area contributed by atoms with E-state index < -0.39 is 11.5 Å². The van der Waals surface area contributed by atoms with Crippen molar-refractivity contribution in [2.24, 2.45) is 5.92 Å². The summed E-state index contributed by atoms with van der Waals surface area (Å²) in [5.74, 6) is -0.730. The number of likely N-dealkylation sites (tertiary alicyclic amines) is 1. The van der Waals surface area contributed by atoms with E-state index in [4.69, 9.17) is 11.6 Å². The van der Waals surface area contributed by atoms with Gasteiger partial charge in [0.05, 0.1) is 18.1 Å². The molecule has 5 nitrogen and oxygen atoms in total. The van der Waals surface area contributed by atoms with E-state index in [1.165, 1.54) is 27.8 Å². The molecule has 8 heteroatoms. The molecule has 3 heterocycles. The number of aromatic nitrogens is 2. The van der Waals surface area contributed by atoms with Gasteiger partial charge in [0.15, 0.2) is 0 Å². The molecule has 29 heavy (non-hydrogen) atoms. The Hall–Kier alpha value is -2.67. The number of hydrogen-bond acceptors (Lipinski definition) is 2. The molecular weight excluding hydrogens is 400 g/mol. The van der Waals surface area contributed by atoms with Gasteiger partial charge in [0.1, 0.15) is 23.5 Å². The number of fused-ring (bicyclic) bond motifs is 1. The lowest BCUT2D eigenvalue weighted by Gasteiger charge is -2.45. The molecule has 1 aliphatic carbocycles. The van der Waals surface area contributed by atoms with E-state index in [1.807, 2.05) is 0 Å². The van der Waals surface area contributed by atoms with Crippen molar-refractivity contribution in [3.63, 3.8) is 0 Å². The van der Waals surface area contributed by atoms with E-state index in [0.29, 0.717) is 16.6 Å². The van der Waals surface area contributed by atoms with Gasteiger partial charge in [0.2, 0.25) is 5.91 Å². The Morgan fingerprint density at radius 1 is 1.17 bits per heavy atom. The zero-order valence-corrected chi connectivity index (χ0v) is 16.2. The van der Waals surface area contributed by atoms with Gasteiger partial charge in [-0.1, -0.05) is 17.7 Å². The second-order valence-electron chi connectivity index (χ2n) is 7.90. The van der Waals surface area contributed by atoms with E-state index in [0.717, 1.165) is 12.8 Å². The van der Waals surface area contributed by atoms with Crippen LogP contribution < -0.4 is 5.56 Å². The number of amides is 1. The third kappa shape index (κ3) is 3.04. The molecule has 3 aromatic rings. The highest BCUT2D eigenvalue weighted by Crippen LogP contribution is 2.47. The fourth-order valence-electron chi connectivity index (χ4n) is 4.04. The number of carbonyl (C=O) groups is 1. The molecule has 1 aromatic carbocycles. The Bertz CT molecular complexity index is 1190. The molecule has 2 fully saturated rings. The summed E-state index contributed by atoms with van der Waals surface area (Å²) in [4.78, 5) is 27.0. The van der Waals surface area contributed by atoms with Crippen LogP contribution in [0.3, 0.4) is 0 Å². The van der Waals surface area contributed by atoms with Crippen molar-refractivity contribution in [1.29, 1.82) is 0 Å². The maximum atomic E-state index is 14.5. The largest absolute Gasteiger partial charge is 0.335 e. The fraction of sp³-hybridized carbons (Fsp3) is 0.333. The van der Waals surface area contributed by atoms with Gasteiger partial charge in [-0.25, -0.2) is 8.78 Å². The molecular formula is C21H18ClF2N3O2. The molecule has 0 atom stereocenters. The number of hydrogen-bond donors (Lipinski definition) is 0. The number of rotatable bonds is 4. The van der Waals surface area contributed by atoms with Crippen molar-refractivity contribution in [3.8, 4) is 11.1 Å². The summed E-state index contributed by atoms with van der Waals surface area (Å²) in [5, 5.41) is -0.0311. The van der Waals surface area contributed by atoms with Gasteiger partial charge in [-0.2, -0.15) is 0 Å². The van der Waals surface area contributed by atoms with Crippen LogP contribution in [-0.4, -0.2) is 38.5 Å². The number of halogens is 3. The summed E-state index contributed by atoms with van der Waals surface area (Å²) in [5.41, 5.74) is -0.0326. The number of carbonyl (C=O) groups excluding carboxylic acids is 1. The molecule has 0 bridgehead atoms. The van der Waals surface area contributed by atoms with Crippen LogP contribution in [0, 0.1) is 11.7 Å². The van der Waals surface area contributed by atoms with Gasteiger partial charge in [0, 0.05) is 24.2 Å². The van der Waals surface area contributed by atoms with Crippen LogP contribution in [0.4, 0.5) is 8.78 Å². The quantitative estimate of drug-likeness (QED) is 0.652. The molecule has 0 spiro atoms. The smallest absolute Gasteiger partial charge is 0.275 e. The Balaban J connectivity index is 1.43. The minimum atomic E-state index is -1.25. The second-order valence-corrected chi connectivity index (χ2v) is 8.31. The van der Waals surface area contributed by atoms with Gasteiger partial charge < -0.3 is 13.9 Å². The normalized spacial score (nSPS) is 18.1. The average Bonchev–Trinajstić information content (AvgIpc) is 3.43. The zero-order valence-electron chi connectivity index (χ0n) is 15.4. The Labute approximate surface area is 170 Å². The van der Waals surface area contributed by atoms with E-state index in [2.05, 4.69) is 0 Å². The second kappa shape index (κ2) is 6.42. The average molecular weight is 418 g/mol. The van der Waals surface area contributed by atoms with Crippen molar-refractivity contribution in [3.05, 3.63) is 64.0 Å². The summed E-state index contributed by atoms with van der Waals surface area (Å²) in [7, 11) is 0. The van der Waals surface area contributed by atoms with Gasteiger partial charge in [-0.15, -0.1) is 0 Å². The van der Waals surface area contributed by atoms with Crippen molar-refractivity contribution in [2.45, 2.75) is 25.1 Å². The van der Waals surface area contributed by atoms with Crippen LogP contribution in [0.15, 0.2) is 47.7 Å². The first-order chi connectivity index (χ1) is 13.9. The molecule has 1 aliphatic heterocycles. The molecule has 5 rings (SSSR count). The molecule has 2 aromatic heterocycles. The Morgan fingerprint density at radius 3 is 2.62 bits per heavy atom. The van der Waals surface area contributed by atoms with Crippen LogP contribution in [0.2, 0.25) is 5.02 Å². The zero-order chi connectivity index (χ0) is 20.3.